The molecule has 0 saturated carbocycles. The summed E-state index contributed by atoms with van der Waals surface area (Å²) >= 11 is 0. The summed E-state index contributed by atoms with van der Waals surface area (Å²) in [7, 11) is 0. The van der Waals surface area contributed by atoms with Gasteiger partial charge in [0.15, 0.2) is 5.69 Å². The Morgan fingerprint density at radius 1 is 1.30 bits per heavy atom. The maximum absolute atomic E-state index is 12.7. The van der Waals surface area contributed by atoms with Crippen molar-refractivity contribution < 1.29 is 19.1 Å². The molecule has 0 spiro atoms. The van der Waals surface area contributed by atoms with Crippen LogP contribution in [0.2, 0.25) is 0 Å². The summed E-state index contributed by atoms with van der Waals surface area (Å²) in [6, 6.07) is 7.69. The lowest BCUT2D eigenvalue weighted by atomic mass is 10.1. The van der Waals surface area contributed by atoms with Gasteiger partial charge < -0.3 is 19.7 Å². The number of fused-ring (bicyclic) bond motifs is 3. The van der Waals surface area contributed by atoms with E-state index in [1.54, 1.807) is 18.2 Å². The number of carbonyl (C=O) groups excluding carboxylic acids is 2. The summed E-state index contributed by atoms with van der Waals surface area (Å²) in [5.41, 5.74) is 2.01. The van der Waals surface area contributed by atoms with Gasteiger partial charge in [-0.1, -0.05) is 12.1 Å². The SMILES string of the molecule is CCOC(=O)N1CCC(NC(=O)c2ncn3c2COc2ccccc2-3)CC1. The summed E-state index contributed by atoms with van der Waals surface area (Å²) in [4.78, 5) is 30.5. The van der Waals surface area contributed by atoms with Gasteiger partial charge in [-0.3, -0.25) is 9.36 Å². The number of aromatic nitrogens is 2. The van der Waals surface area contributed by atoms with Crippen LogP contribution in [0.3, 0.4) is 0 Å². The van der Waals surface area contributed by atoms with E-state index >= 15 is 0 Å². The summed E-state index contributed by atoms with van der Waals surface area (Å²) in [5, 5.41) is 3.04. The zero-order valence-corrected chi connectivity index (χ0v) is 15.2. The van der Waals surface area contributed by atoms with Crippen LogP contribution in [-0.4, -0.2) is 52.2 Å². The van der Waals surface area contributed by atoms with Crippen molar-refractivity contribution in [2.75, 3.05) is 19.7 Å². The van der Waals surface area contributed by atoms with Gasteiger partial charge in [-0.15, -0.1) is 0 Å². The van der Waals surface area contributed by atoms with Gasteiger partial charge in [0.2, 0.25) is 0 Å². The molecular weight excluding hydrogens is 348 g/mol. The predicted octanol–water partition coefficient (Wildman–Crippen LogP) is 2.12. The molecule has 2 aromatic rings. The van der Waals surface area contributed by atoms with Gasteiger partial charge in [0.25, 0.3) is 5.91 Å². The molecule has 2 aliphatic rings. The fourth-order valence-electron chi connectivity index (χ4n) is 3.51. The van der Waals surface area contributed by atoms with Crippen LogP contribution in [-0.2, 0) is 11.3 Å². The number of nitrogens with zero attached hydrogens (tertiary/aromatic N) is 3. The topological polar surface area (TPSA) is 85.7 Å². The zero-order valence-electron chi connectivity index (χ0n) is 15.2. The van der Waals surface area contributed by atoms with Crippen LogP contribution in [0, 0.1) is 0 Å². The Bertz CT molecular complexity index is 855. The van der Waals surface area contributed by atoms with Crippen molar-refractivity contribution in [3.63, 3.8) is 0 Å². The Hall–Kier alpha value is -3.03. The molecule has 8 heteroatoms. The number of para-hydroxylation sites is 2. The molecule has 142 valence electrons. The Balaban J connectivity index is 1.41. The highest BCUT2D eigenvalue weighted by atomic mass is 16.6. The molecule has 0 bridgehead atoms. The van der Waals surface area contributed by atoms with E-state index < -0.39 is 0 Å². The van der Waals surface area contributed by atoms with Gasteiger partial charge in [0.05, 0.1) is 18.0 Å². The first-order chi connectivity index (χ1) is 13.2. The average molecular weight is 370 g/mol. The van der Waals surface area contributed by atoms with Crippen molar-refractivity contribution in [3.05, 3.63) is 42.0 Å². The van der Waals surface area contributed by atoms with E-state index in [2.05, 4.69) is 10.3 Å². The Kier molecular flexibility index (Phi) is 4.70. The zero-order chi connectivity index (χ0) is 18.8. The molecule has 1 saturated heterocycles. The maximum Gasteiger partial charge on any atom is 0.409 e. The standard InChI is InChI=1S/C19H22N4O4/c1-2-26-19(25)22-9-7-13(8-10-22)21-18(24)17-15-11-27-16-6-4-3-5-14(16)23(15)12-20-17/h3-6,12-13H,2,7-11H2,1H3,(H,21,24). The van der Waals surface area contributed by atoms with Gasteiger partial charge >= 0.3 is 6.09 Å². The third kappa shape index (κ3) is 3.34. The maximum atomic E-state index is 12.7. The van der Waals surface area contributed by atoms with Crippen LogP contribution < -0.4 is 10.1 Å². The van der Waals surface area contributed by atoms with E-state index in [9.17, 15) is 9.59 Å². The van der Waals surface area contributed by atoms with Crippen LogP contribution in [0.15, 0.2) is 30.6 Å². The molecule has 1 aromatic carbocycles. The minimum Gasteiger partial charge on any atom is -0.485 e. The second-order valence-corrected chi connectivity index (χ2v) is 6.60. The molecule has 8 nitrogen and oxygen atoms in total. The number of amides is 2. The van der Waals surface area contributed by atoms with Crippen LogP contribution in [0.25, 0.3) is 5.69 Å². The number of likely N-dealkylation sites (tertiary alicyclic amines) is 1. The molecule has 27 heavy (non-hydrogen) atoms. The van der Waals surface area contributed by atoms with E-state index in [-0.39, 0.29) is 18.0 Å². The molecule has 3 heterocycles. The summed E-state index contributed by atoms with van der Waals surface area (Å²) in [5.74, 6) is 0.571. The van der Waals surface area contributed by atoms with E-state index in [1.165, 1.54) is 0 Å². The predicted molar refractivity (Wildman–Crippen MR) is 97.0 cm³/mol. The quantitative estimate of drug-likeness (QED) is 0.894. The summed E-state index contributed by atoms with van der Waals surface area (Å²) < 4.78 is 12.7. The minimum atomic E-state index is -0.290. The lowest BCUT2D eigenvalue weighted by Gasteiger charge is -2.31. The molecule has 0 atom stereocenters. The molecule has 4 rings (SSSR count). The largest absolute Gasteiger partial charge is 0.485 e. The van der Waals surface area contributed by atoms with E-state index in [0.29, 0.717) is 44.8 Å². The molecular formula is C19H22N4O4. The van der Waals surface area contributed by atoms with Crippen LogP contribution >= 0.6 is 0 Å². The first-order valence-corrected chi connectivity index (χ1v) is 9.18. The number of hydrogen-bond acceptors (Lipinski definition) is 5. The summed E-state index contributed by atoms with van der Waals surface area (Å²) in [6.07, 6.45) is 2.76. The Morgan fingerprint density at radius 3 is 2.85 bits per heavy atom. The molecule has 1 fully saturated rings. The fourth-order valence-corrected chi connectivity index (χ4v) is 3.51. The monoisotopic (exact) mass is 370 g/mol. The average Bonchev–Trinajstić information content (AvgIpc) is 3.13. The second kappa shape index (κ2) is 7.30. The van der Waals surface area contributed by atoms with Gasteiger partial charge in [0.1, 0.15) is 18.7 Å². The van der Waals surface area contributed by atoms with Gasteiger partial charge in [0, 0.05) is 19.1 Å². The second-order valence-electron chi connectivity index (χ2n) is 6.60. The highest BCUT2D eigenvalue weighted by Crippen LogP contribution is 2.30. The molecule has 2 aliphatic heterocycles. The van der Waals surface area contributed by atoms with Crippen molar-refractivity contribution in [2.24, 2.45) is 0 Å². The number of benzene rings is 1. The Labute approximate surface area is 157 Å². The van der Waals surface area contributed by atoms with E-state index in [1.807, 2.05) is 28.8 Å². The normalized spacial score (nSPS) is 16.1. The molecule has 1 aromatic heterocycles. The first-order valence-electron chi connectivity index (χ1n) is 9.18. The highest BCUT2D eigenvalue weighted by molar-refractivity contribution is 5.94. The minimum absolute atomic E-state index is 0.0114. The number of piperidine rings is 1. The van der Waals surface area contributed by atoms with Crippen molar-refractivity contribution in [1.82, 2.24) is 19.8 Å². The molecule has 0 unspecified atom stereocenters. The van der Waals surface area contributed by atoms with Crippen molar-refractivity contribution in [2.45, 2.75) is 32.4 Å². The third-order valence-electron chi connectivity index (χ3n) is 4.93. The van der Waals surface area contributed by atoms with Gasteiger partial charge in [-0.2, -0.15) is 0 Å². The van der Waals surface area contributed by atoms with E-state index in [4.69, 9.17) is 9.47 Å². The molecule has 0 aliphatic carbocycles. The van der Waals surface area contributed by atoms with Crippen LogP contribution in [0.1, 0.15) is 35.9 Å². The third-order valence-corrected chi connectivity index (χ3v) is 4.93. The first kappa shape index (κ1) is 17.4. The Morgan fingerprint density at radius 2 is 2.07 bits per heavy atom. The van der Waals surface area contributed by atoms with Crippen LogP contribution in [0.4, 0.5) is 4.79 Å². The fraction of sp³-hybridized carbons (Fsp3) is 0.421. The van der Waals surface area contributed by atoms with Crippen LogP contribution in [0.5, 0.6) is 5.75 Å². The number of ether oxygens (including phenoxy) is 2. The molecule has 1 N–H and O–H groups in total. The van der Waals surface area contributed by atoms with Crippen molar-refractivity contribution in [3.8, 4) is 11.4 Å². The van der Waals surface area contributed by atoms with Gasteiger partial charge in [-0.05, 0) is 31.9 Å². The molecule has 2 amide bonds. The van der Waals surface area contributed by atoms with E-state index in [0.717, 1.165) is 17.1 Å². The smallest absolute Gasteiger partial charge is 0.409 e. The van der Waals surface area contributed by atoms with Crippen molar-refractivity contribution >= 4 is 12.0 Å². The number of nitrogens with one attached hydrogen (secondary N) is 1. The lowest BCUT2D eigenvalue weighted by molar-refractivity contribution is 0.0855. The summed E-state index contributed by atoms with van der Waals surface area (Å²) in [6.45, 7) is 3.61. The lowest BCUT2D eigenvalue weighted by Crippen LogP contribution is -2.47. The number of imidazole rings is 1. The molecule has 0 radical (unpaired) electrons. The van der Waals surface area contributed by atoms with Gasteiger partial charge in [-0.25, -0.2) is 9.78 Å². The van der Waals surface area contributed by atoms with Crippen molar-refractivity contribution in [1.29, 1.82) is 0 Å². The highest BCUT2D eigenvalue weighted by Gasteiger charge is 2.28. The number of rotatable bonds is 3. The number of hydrogen-bond donors (Lipinski definition) is 1. The number of carbonyl (C=O) groups is 2.